The Labute approximate surface area is 127 Å². The molecule has 1 aromatic heterocycles. The second-order valence-electron chi connectivity index (χ2n) is 6.02. The summed E-state index contributed by atoms with van der Waals surface area (Å²) >= 11 is 0. The number of hydrogen-bond acceptors (Lipinski definition) is 4. The van der Waals surface area contributed by atoms with Crippen molar-refractivity contribution in [3.8, 4) is 0 Å². The van der Waals surface area contributed by atoms with Crippen LogP contribution in [0.4, 0.5) is 5.82 Å². The van der Waals surface area contributed by atoms with Crippen LogP contribution in [0, 0.1) is 5.92 Å². The zero-order valence-corrected chi connectivity index (χ0v) is 13.9. The SMILES string of the molecule is CC(C)C(C)Nc1ccc(S(=O)(=O)N2CCCCC2)cn1. The van der Waals surface area contributed by atoms with E-state index in [0.29, 0.717) is 30.9 Å². The van der Waals surface area contributed by atoms with Crippen molar-refractivity contribution in [2.75, 3.05) is 18.4 Å². The molecule has 0 radical (unpaired) electrons. The third-order valence-electron chi connectivity index (χ3n) is 4.06. The van der Waals surface area contributed by atoms with Gasteiger partial charge in [0.2, 0.25) is 10.0 Å². The van der Waals surface area contributed by atoms with Gasteiger partial charge in [-0.15, -0.1) is 0 Å². The summed E-state index contributed by atoms with van der Waals surface area (Å²) in [5.41, 5.74) is 0. The van der Waals surface area contributed by atoms with Crippen LogP contribution in [-0.2, 0) is 10.0 Å². The van der Waals surface area contributed by atoms with Gasteiger partial charge in [-0.3, -0.25) is 0 Å². The Balaban J connectivity index is 2.10. The van der Waals surface area contributed by atoms with Crippen molar-refractivity contribution < 1.29 is 8.42 Å². The van der Waals surface area contributed by atoms with Crippen LogP contribution in [0.15, 0.2) is 23.2 Å². The van der Waals surface area contributed by atoms with Gasteiger partial charge in [0.05, 0.1) is 0 Å². The van der Waals surface area contributed by atoms with E-state index in [1.165, 1.54) is 6.20 Å². The zero-order valence-electron chi connectivity index (χ0n) is 13.0. The quantitative estimate of drug-likeness (QED) is 0.908. The minimum Gasteiger partial charge on any atom is -0.367 e. The number of nitrogens with one attached hydrogen (secondary N) is 1. The lowest BCUT2D eigenvalue weighted by atomic mass is 10.1. The zero-order chi connectivity index (χ0) is 15.5. The number of rotatable bonds is 5. The minimum absolute atomic E-state index is 0.284. The Kier molecular flexibility index (Phi) is 5.22. The summed E-state index contributed by atoms with van der Waals surface area (Å²) in [7, 11) is -3.38. The lowest BCUT2D eigenvalue weighted by Crippen LogP contribution is -2.35. The van der Waals surface area contributed by atoms with Crippen molar-refractivity contribution in [1.29, 1.82) is 0 Å². The molecular formula is C15H25N3O2S. The molecule has 1 aliphatic heterocycles. The van der Waals surface area contributed by atoms with Gasteiger partial charge in [0, 0.05) is 25.3 Å². The number of hydrogen-bond donors (Lipinski definition) is 1. The maximum absolute atomic E-state index is 12.5. The summed E-state index contributed by atoms with van der Waals surface area (Å²) in [5, 5.41) is 3.28. The Hall–Kier alpha value is -1.14. The molecule has 2 heterocycles. The summed E-state index contributed by atoms with van der Waals surface area (Å²) in [6.45, 7) is 7.59. The van der Waals surface area contributed by atoms with Crippen LogP contribution in [-0.4, -0.2) is 36.8 Å². The van der Waals surface area contributed by atoms with Crippen molar-refractivity contribution >= 4 is 15.8 Å². The highest BCUT2D eigenvalue weighted by Gasteiger charge is 2.26. The molecule has 1 N–H and O–H groups in total. The summed E-state index contributed by atoms with van der Waals surface area (Å²) < 4.78 is 26.6. The van der Waals surface area contributed by atoms with Gasteiger partial charge in [0.15, 0.2) is 0 Å². The molecule has 0 bridgehead atoms. The molecule has 0 spiro atoms. The molecular weight excluding hydrogens is 286 g/mol. The molecule has 1 aromatic rings. The molecule has 6 heteroatoms. The van der Waals surface area contributed by atoms with Gasteiger partial charge < -0.3 is 5.32 Å². The normalized spacial score (nSPS) is 18.7. The molecule has 0 aliphatic carbocycles. The first-order valence-electron chi connectivity index (χ1n) is 7.64. The van der Waals surface area contributed by atoms with E-state index in [1.54, 1.807) is 16.4 Å². The molecule has 0 amide bonds. The Bertz CT molecular complexity index is 549. The number of sulfonamides is 1. The maximum Gasteiger partial charge on any atom is 0.244 e. The van der Waals surface area contributed by atoms with Gasteiger partial charge in [0.1, 0.15) is 10.7 Å². The Morgan fingerprint density at radius 2 is 1.81 bits per heavy atom. The van der Waals surface area contributed by atoms with Crippen LogP contribution in [0.25, 0.3) is 0 Å². The van der Waals surface area contributed by atoms with Crippen LogP contribution >= 0.6 is 0 Å². The number of pyridine rings is 1. The van der Waals surface area contributed by atoms with Crippen LogP contribution in [0.1, 0.15) is 40.0 Å². The Morgan fingerprint density at radius 1 is 1.14 bits per heavy atom. The van der Waals surface area contributed by atoms with Crippen LogP contribution in [0.3, 0.4) is 0 Å². The predicted molar refractivity (Wildman–Crippen MR) is 84.8 cm³/mol. The summed E-state index contributed by atoms with van der Waals surface area (Å²) in [6.07, 6.45) is 4.45. The van der Waals surface area contributed by atoms with E-state index < -0.39 is 10.0 Å². The molecule has 1 unspecified atom stereocenters. The highest BCUT2D eigenvalue weighted by Crippen LogP contribution is 2.21. The predicted octanol–water partition coefficient (Wildman–Crippen LogP) is 2.71. The first-order valence-corrected chi connectivity index (χ1v) is 9.08. The second-order valence-corrected chi connectivity index (χ2v) is 7.96. The van der Waals surface area contributed by atoms with Gasteiger partial charge in [-0.2, -0.15) is 4.31 Å². The standard InChI is InChI=1S/C15H25N3O2S/c1-12(2)13(3)17-15-8-7-14(11-16-15)21(19,20)18-9-5-4-6-10-18/h7-8,11-13H,4-6,9-10H2,1-3H3,(H,16,17). The summed E-state index contributed by atoms with van der Waals surface area (Å²) in [4.78, 5) is 4.53. The van der Waals surface area contributed by atoms with Gasteiger partial charge in [-0.25, -0.2) is 13.4 Å². The molecule has 0 aromatic carbocycles. The molecule has 5 nitrogen and oxygen atoms in total. The number of aromatic nitrogens is 1. The maximum atomic E-state index is 12.5. The van der Waals surface area contributed by atoms with Crippen molar-refractivity contribution in [2.45, 2.75) is 51.0 Å². The third-order valence-corrected chi connectivity index (χ3v) is 5.95. The lowest BCUT2D eigenvalue weighted by molar-refractivity contribution is 0.346. The largest absolute Gasteiger partial charge is 0.367 e. The van der Waals surface area contributed by atoms with E-state index in [9.17, 15) is 8.42 Å². The first-order chi connectivity index (χ1) is 9.91. The van der Waals surface area contributed by atoms with E-state index in [1.807, 2.05) is 0 Å². The van der Waals surface area contributed by atoms with Crippen molar-refractivity contribution in [3.05, 3.63) is 18.3 Å². The van der Waals surface area contributed by atoms with Crippen LogP contribution < -0.4 is 5.32 Å². The van der Waals surface area contributed by atoms with Crippen molar-refractivity contribution in [2.24, 2.45) is 5.92 Å². The van der Waals surface area contributed by atoms with Gasteiger partial charge in [-0.05, 0) is 37.8 Å². The second kappa shape index (κ2) is 6.75. The number of anilines is 1. The number of nitrogens with zero attached hydrogens (tertiary/aromatic N) is 2. The van der Waals surface area contributed by atoms with E-state index in [-0.39, 0.29) is 4.90 Å². The highest BCUT2D eigenvalue weighted by atomic mass is 32.2. The number of piperidine rings is 1. The molecule has 0 saturated carbocycles. The van der Waals surface area contributed by atoms with Crippen LogP contribution in [0.2, 0.25) is 0 Å². The summed E-state index contributed by atoms with van der Waals surface area (Å²) in [5.74, 6) is 1.21. The lowest BCUT2D eigenvalue weighted by Gasteiger charge is -2.25. The van der Waals surface area contributed by atoms with Gasteiger partial charge in [-0.1, -0.05) is 20.3 Å². The van der Waals surface area contributed by atoms with E-state index in [4.69, 9.17) is 0 Å². The molecule has 1 saturated heterocycles. The van der Waals surface area contributed by atoms with Gasteiger partial charge in [0.25, 0.3) is 0 Å². The molecule has 21 heavy (non-hydrogen) atoms. The molecule has 1 atom stereocenters. The molecule has 1 aliphatic rings. The monoisotopic (exact) mass is 311 g/mol. The van der Waals surface area contributed by atoms with Crippen molar-refractivity contribution in [1.82, 2.24) is 9.29 Å². The average Bonchev–Trinajstić information content (AvgIpc) is 2.48. The fourth-order valence-corrected chi connectivity index (χ4v) is 3.74. The molecule has 118 valence electrons. The first kappa shape index (κ1) is 16.2. The minimum atomic E-state index is -3.38. The topological polar surface area (TPSA) is 62.3 Å². The third kappa shape index (κ3) is 3.95. The Morgan fingerprint density at radius 3 is 2.33 bits per heavy atom. The highest BCUT2D eigenvalue weighted by molar-refractivity contribution is 7.89. The van der Waals surface area contributed by atoms with Crippen LogP contribution in [0.5, 0.6) is 0 Å². The van der Waals surface area contributed by atoms with E-state index in [0.717, 1.165) is 19.3 Å². The fourth-order valence-electron chi connectivity index (χ4n) is 2.27. The van der Waals surface area contributed by atoms with E-state index in [2.05, 4.69) is 31.1 Å². The van der Waals surface area contributed by atoms with E-state index >= 15 is 0 Å². The van der Waals surface area contributed by atoms with Crippen molar-refractivity contribution in [3.63, 3.8) is 0 Å². The fraction of sp³-hybridized carbons (Fsp3) is 0.667. The molecule has 1 fully saturated rings. The average molecular weight is 311 g/mol. The molecule has 2 rings (SSSR count). The smallest absolute Gasteiger partial charge is 0.244 e. The van der Waals surface area contributed by atoms with Gasteiger partial charge >= 0.3 is 0 Å². The summed E-state index contributed by atoms with van der Waals surface area (Å²) in [6, 6.07) is 3.68.